The topological polar surface area (TPSA) is 54.4 Å². The third kappa shape index (κ3) is 2.17. The van der Waals surface area contributed by atoms with Gasteiger partial charge < -0.3 is 5.11 Å². The molecule has 0 saturated carbocycles. The van der Waals surface area contributed by atoms with Crippen LogP contribution in [0.3, 0.4) is 0 Å². The minimum absolute atomic E-state index is 0.0672. The lowest BCUT2D eigenvalue weighted by molar-refractivity contribution is -0.136. The summed E-state index contributed by atoms with van der Waals surface area (Å²) in [5, 5.41) is 7.48. The van der Waals surface area contributed by atoms with Crippen molar-refractivity contribution in [1.29, 1.82) is 0 Å². The minimum atomic E-state index is -1.84. The summed E-state index contributed by atoms with van der Waals surface area (Å²) in [6.07, 6.45) is 0. The van der Waals surface area contributed by atoms with Gasteiger partial charge >= 0.3 is 5.97 Å². The fourth-order valence-corrected chi connectivity index (χ4v) is 1.93. The summed E-state index contributed by atoms with van der Waals surface area (Å²) < 4.78 is 24.6. The molecule has 3 nitrogen and oxygen atoms in total. The number of carboxylic acids is 1. The van der Waals surface area contributed by atoms with Crippen LogP contribution in [0.5, 0.6) is 0 Å². The first kappa shape index (κ1) is 10.8. The lowest BCUT2D eigenvalue weighted by Gasteiger charge is -2.06. The molecule has 0 fully saturated rings. The number of benzene rings is 1. The van der Waals surface area contributed by atoms with E-state index in [1.165, 1.54) is 25.1 Å². The van der Waals surface area contributed by atoms with Crippen LogP contribution in [-0.2, 0) is 15.6 Å². The molecule has 0 radical (unpaired) electrons. The van der Waals surface area contributed by atoms with E-state index < -0.39 is 27.8 Å². The van der Waals surface area contributed by atoms with Crippen LogP contribution < -0.4 is 0 Å². The first-order valence-corrected chi connectivity index (χ1v) is 5.13. The lowest BCUT2D eigenvalue weighted by atomic mass is 10.3. The van der Waals surface area contributed by atoms with Crippen molar-refractivity contribution in [2.45, 2.75) is 17.1 Å². The van der Waals surface area contributed by atoms with Gasteiger partial charge in [-0.1, -0.05) is 12.1 Å². The van der Waals surface area contributed by atoms with Crippen molar-refractivity contribution in [3.05, 3.63) is 30.1 Å². The van der Waals surface area contributed by atoms with Gasteiger partial charge in [0.1, 0.15) is 11.1 Å². The summed E-state index contributed by atoms with van der Waals surface area (Å²) in [6.45, 7) is 1.28. The quantitative estimate of drug-likeness (QED) is 0.831. The standard InChI is InChI=1S/C9H9FO3S/c1-6(9(11)12)14(13)8-5-3-2-4-7(8)10/h2-6H,1H3,(H,11,12). The molecular formula is C9H9FO3S. The maximum Gasteiger partial charge on any atom is 0.319 e. The second-order valence-electron chi connectivity index (χ2n) is 2.71. The molecular weight excluding hydrogens is 207 g/mol. The van der Waals surface area contributed by atoms with E-state index >= 15 is 0 Å². The van der Waals surface area contributed by atoms with E-state index in [9.17, 15) is 13.4 Å². The summed E-state index contributed by atoms with van der Waals surface area (Å²) in [5.41, 5.74) is 0. The number of hydrogen-bond donors (Lipinski definition) is 1. The Labute approximate surface area is 83.0 Å². The zero-order chi connectivity index (χ0) is 10.7. The number of carboxylic acid groups (broad SMARTS) is 1. The smallest absolute Gasteiger partial charge is 0.319 e. The highest BCUT2D eigenvalue weighted by Crippen LogP contribution is 2.15. The molecule has 0 aromatic heterocycles. The number of carbonyl (C=O) groups is 1. The van der Waals surface area contributed by atoms with E-state index in [2.05, 4.69) is 0 Å². The van der Waals surface area contributed by atoms with Gasteiger partial charge in [-0.3, -0.25) is 9.00 Å². The van der Waals surface area contributed by atoms with E-state index in [0.717, 1.165) is 6.07 Å². The van der Waals surface area contributed by atoms with E-state index in [1.807, 2.05) is 0 Å². The average molecular weight is 216 g/mol. The summed E-state index contributed by atoms with van der Waals surface area (Å²) in [7, 11) is -1.84. The highest BCUT2D eigenvalue weighted by Gasteiger charge is 2.22. The van der Waals surface area contributed by atoms with Crippen LogP contribution in [0.25, 0.3) is 0 Å². The van der Waals surface area contributed by atoms with Gasteiger partial charge in [0.15, 0.2) is 0 Å². The second-order valence-corrected chi connectivity index (χ2v) is 4.45. The fraction of sp³-hybridized carbons (Fsp3) is 0.222. The van der Waals surface area contributed by atoms with Crippen LogP contribution in [-0.4, -0.2) is 20.5 Å². The fourth-order valence-electron chi connectivity index (χ4n) is 0.890. The van der Waals surface area contributed by atoms with Crippen LogP contribution in [0.15, 0.2) is 29.2 Å². The van der Waals surface area contributed by atoms with Gasteiger partial charge in [0.25, 0.3) is 0 Å². The zero-order valence-electron chi connectivity index (χ0n) is 7.44. The summed E-state index contributed by atoms with van der Waals surface area (Å²) in [4.78, 5) is 10.4. The van der Waals surface area contributed by atoms with Crippen molar-refractivity contribution in [3.63, 3.8) is 0 Å². The van der Waals surface area contributed by atoms with Crippen LogP contribution >= 0.6 is 0 Å². The zero-order valence-corrected chi connectivity index (χ0v) is 8.25. The third-order valence-electron chi connectivity index (χ3n) is 1.72. The van der Waals surface area contributed by atoms with Crippen LogP contribution in [0.4, 0.5) is 4.39 Å². The maximum atomic E-state index is 13.1. The van der Waals surface area contributed by atoms with Crippen molar-refractivity contribution in [2.75, 3.05) is 0 Å². The molecule has 0 spiro atoms. The van der Waals surface area contributed by atoms with Crippen LogP contribution in [0.2, 0.25) is 0 Å². The molecule has 5 heteroatoms. The molecule has 14 heavy (non-hydrogen) atoms. The molecule has 1 N–H and O–H groups in total. The Morgan fingerprint density at radius 2 is 2.07 bits per heavy atom. The first-order chi connectivity index (χ1) is 6.54. The third-order valence-corrected chi connectivity index (χ3v) is 3.33. The lowest BCUT2D eigenvalue weighted by Crippen LogP contribution is -2.22. The van der Waals surface area contributed by atoms with Gasteiger partial charge in [0.05, 0.1) is 15.7 Å². The number of hydrogen-bond acceptors (Lipinski definition) is 2. The van der Waals surface area contributed by atoms with Gasteiger partial charge in [0, 0.05) is 0 Å². The molecule has 1 rings (SSSR count). The molecule has 76 valence electrons. The predicted octanol–water partition coefficient (Wildman–Crippen LogP) is 1.41. The molecule has 0 bridgehead atoms. The molecule has 2 unspecified atom stereocenters. The van der Waals surface area contributed by atoms with Gasteiger partial charge in [-0.05, 0) is 19.1 Å². The minimum Gasteiger partial charge on any atom is -0.480 e. The highest BCUT2D eigenvalue weighted by atomic mass is 32.2. The molecule has 0 saturated heterocycles. The number of halogens is 1. The highest BCUT2D eigenvalue weighted by molar-refractivity contribution is 7.86. The Morgan fingerprint density at radius 3 is 2.57 bits per heavy atom. The van der Waals surface area contributed by atoms with E-state index in [1.54, 1.807) is 0 Å². The largest absolute Gasteiger partial charge is 0.480 e. The average Bonchev–Trinajstić information content (AvgIpc) is 2.16. The molecule has 0 aliphatic carbocycles. The molecule has 1 aromatic rings. The van der Waals surface area contributed by atoms with Gasteiger partial charge in [-0.25, -0.2) is 4.39 Å². The summed E-state index contributed by atoms with van der Waals surface area (Å²) in [6, 6.07) is 5.46. The molecule has 2 atom stereocenters. The second kappa shape index (κ2) is 4.32. The van der Waals surface area contributed by atoms with Crippen molar-refractivity contribution >= 4 is 16.8 Å². The molecule has 0 aliphatic rings. The molecule has 0 amide bonds. The molecule has 0 heterocycles. The SMILES string of the molecule is CC(C(=O)O)S(=O)c1ccccc1F. The van der Waals surface area contributed by atoms with E-state index in [0.29, 0.717) is 0 Å². The normalized spacial score (nSPS) is 14.7. The van der Waals surface area contributed by atoms with Crippen LogP contribution in [0, 0.1) is 5.82 Å². The van der Waals surface area contributed by atoms with E-state index in [4.69, 9.17) is 5.11 Å². The van der Waals surface area contributed by atoms with Gasteiger partial charge in [-0.2, -0.15) is 0 Å². The Balaban J connectivity index is 3.01. The number of aliphatic carboxylic acids is 1. The van der Waals surface area contributed by atoms with Crippen LogP contribution in [0.1, 0.15) is 6.92 Å². The van der Waals surface area contributed by atoms with Gasteiger partial charge in [-0.15, -0.1) is 0 Å². The van der Waals surface area contributed by atoms with E-state index in [-0.39, 0.29) is 4.90 Å². The van der Waals surface area contributed by atoms with Gasteiger partial charge in [0.2, 0.25) is 0 Å². The first-order valence-electron chi connectivity index (χ1n) is 3.92. The van der Waals surface area contributed by atoms with Crippen molar-refractivity contribution in [1.82, 2.24) is 0 Å². The summed E-state index contributed by atoms with van der Waals surface area (Å²) >= 11 is 0. The Hall–Kier alpha value is -1.23. The maximum absolute atomic E-state index is 13.1. The Morgan fingerprint density at radius 1 is 1.50 bits per heavy atom. The Bertz CT molecular complexity index is 378. The number of rotatable bonds is 3. The van der Waals surface area contributed by atoms with Crippen molar-refractivity contribution in [2.24, 2.45) is 0 Å². The van der Waals surface area contributed by atoms with Crippen molar-refractivity contribution < 1.29 is 18.5 Å². The molecule has 0 aliphatic heterocycles. The molecule has 1 aromatic carbocycles. The summed E-state index contributed by atoms with van der Waals surface area (Å²) in [5.74, 6) is -1.84. The van der Waals surface area contributed by atoms with Crippen molar-refractivity contribution in [3.8, 4) is 0 Å². The predicted molar refractivity (Wildman–Crippen MR) is 49.9 cm³/mol. The monoisotopic (exact) mass is 216 g/mol. The Kier molecular flexibility index (Phi) is 3.35.